The molecule has 2 aromatic carbocycles. The van der Waals surface area contributed by atoms with Crippen molar-refractivity contribution in [3.05, 3.63) is 76.2 Å². The Balaban J connectivity index is 1.58. The fourth-order valence-electron chi connectivity index (χ4n) is 4.43. The Morgan fingerprint density at radius 1 is 1.21 bits per heavy atom. The fraction of sp³-hybridized carbons (Fsp3) is 0.167. The number of nitrogen functional groups attached to an aromatic ring is 1. The zero-order valence-corrected chi connectivity index (χ0v) is 17.4. The molecule has 33 heavy (non-hydrogen) atoms. The van der Waals surface area contributed by atoms with E-state index in [1.807, 2.05) is 6.07 Å². The molecule has 1 saturated carbocycles. The number of nitrogens with one attached hydrogen (secondary N) is 1. The van der Waals surface area contributed by atoms with Crippen molar-refractivity contribution in [2.45, 2.75) is 25.4 Å². The molecular weight excluding hydrogens is 423 g/mol. The quantitative estimate of drug-likeness (QED) is 0.392. The van der Waals surface area contributed by atoms with E-state index in [4.69, 9.17) is 5.73 Å². The maximum atomic E-state index is 15.0. The van der Waals surface area contributed by atoms with E-state index in [9.17, 15) is 14.3 Å². The summed E-state index contributed by atoms with van der Waals surface area (Å²) in [6, 6.07) is 10.3. The maximum absolute atomic E-state index is 15.0. The van der Waals surface area contributed by atoms with Crippen LogP contribution in [0.15, 0.2) is 53.7 Å². The van der Waals surface area contributed by atoms with Crippen LogP contribution in [0.2, 0.25) is 0 Å². The minimum atomic E-state index is -0.529. The molecule has 6 rings (SSSR count). The van der Waals surface area contributed by atoms with Crippen LogP contribution in [0.25, 0.3) is 38.9 Å². The number of benzene rings is 2. The predicted molar refractivity (Wildman–Crippen MR) is 122 cm³/mol. The molecule has 5 aromatic rings. The van der Waals surface area contributed by atoms with Gasteiger partial charge in [-0.1, -0.05) is 18.2 Å². The summed E-state index contributed by atoms with van der Waals surface area (Å²) in [5.74, 6) is -0.114. The number of anilines is 1. The Morgan fingerprint density at radius 2 is 2.06 bits per heavy atom. The summed E-state index contributed by atoms with van der Waals surface area (Å²) in [4.78, 5) is 28.9. The molecule has 164 valence electrons. The first-order valence-electron chi connectivity index (χ1n) is 10.6. The van der Waals surface area contributed by atoms with Crippen LogP contribution < -0.4 is 11.3 Å². The largest absolute Gasteiger partial charge is 0.392 e. The summed E-state index contributed by atoms with van der Waals surface area (Å²) in [5, 5.41) is 10.9. The molecule has 0 saturated heterocycles. The highest BCUT2D eigenvalue weighted by atomic mass is 19.1. The number of pyridine rings is 1. The van der Waals surface area contributed by atoms with E-state index in [1.165, 1.54) is 17.0 Å². The second-order valence-electron chi connectivity index (χ2n) is 8.23. The molecule has 3 heterocycles. The molecule has 0 amide bonds. The van der Waals surface area contributed by atoms with E-state index in [1.54, 1.807) is 30.5 Å². The molecule has 3 aromatic heterocycles. The van der Waals surface area contributed by atoms with Gasteiger partial charge in [0.1, 0.15) is 17.0 Å². The second kappa shape index (κ2) is 7.21. The highest BCUT2D eigenvalue weighted by molar-refractivity contribution is 5.90. The summed E-state index contributed by atoms with van der Waals surface area (Å²) in [6.07, 6.45) is 5.19. The zero-order valence-electron chi connectivity index (χ0n) is 17.4. The number of rotatable bonds is 4. The van der Waals surface area contributed by atoms with Crippen LogP contribution in [0.5, 0.6) is 0 Å². The standard InChI is InChI=1S/C24H19FN6O2/c25-17-9-14(12-4-5-12)8-13-6-7-31(23(33)19(13)17)18-3-1-2-15(16(18)10-32)20-21-22(28-11-27-21)30-24(26)29-20/h1-3,6-9,11-12,32H,4-5,10H2,(H3,26,27,28,29,30). The Bertz CT molecular complexity index is 1620. The number of fused-ring (bicyclic) bond motifs is 2. The highest BCUT2D eigenvalue weighted by Crippen LogP contribution is 2.41. The lowest BCUT2D eigenvalue weighted by Crippen LogP contribution is -2.20. The Morgan fingerprint density at radius 3 is 2.85 bits per heavy atom. The number of hydrogen-bond donors (Lipinski definition) is 3. The third-order valence-electron chi connectivity index (χ3n) is 6.15. The van der Waals surface area contributed by atoms with E-state index in [2.05, 4.69) is 19.9 Å². The second-order valence-corrected chi connectivity index (χ2v) is 8.23. The molecule has 1 aliphatic carbocycles. The molecule has 0 aliphatic heterocycles. The number of halogens is 1. The molecule has 4 N–H and O–H groups in total. The molecule has 8 nitrogen and oxygen atoms in total. The van der Waals surface area contributed by atoms with Crippen LogP contribution in [0.1, 0.15) is 29.9 Å². The van der Waals surface area contributed by atoms with Gasteiger partial charge >= 0.3 is 0 Å². The molecule has 0 atom stereocenters. The van der Waals surface area contributed by atoms with E-state index >= 15 is 0 Å². The van der Waals surface area contributed by atoms with E-state index in [-0.39, 0.29) is 17.9 Å². The van der Waals surface area contributed by atoms with E-state index in [0.29, 0.717) is 45.0 Å². The van der Waals surface area contributed by atoms with Gasteiger partial charge < -0.3 is 15.8 Å². The van der Waals surface area contributed by atoms with Gasteiger partial charge in [-0.15, -0.1) is 0 Å². The molecule has 0 spiro atoms. The number of aromatic nitrogens is 5. The van der Waals surface area contributed by atoms with Crippen LogP contribution in [-0.4, -0.2) is 29.6 Å². The summed E-state index contributed by atoms with van der Waals surface area (Å²) in [5.41, 5.74) is 9.15. The van der Waals surface area contributed by atoms with Gasteiger partial charge in [0.25, 0.3) is 5.56 Å². The minimum Gasteiger partial charge on any atom is -0.392 e. The molecule has 1 aliphatic rings. The topological polar surface area (TPSA) is 123 Å². The van der Waals surface area contributed by atoms with Crippen molar-refractivity contribution < 1.29 is 9.50 Å². The number of aromatic amines is 1. The van der Waals surface area contributed by atoms with Crippen molar-refractivity contribution in [3.63, 3.8) is 0 Å². The average Bonchev–Trinajstić information content (AvgIpc) is 3.56. The number of nitrogens with two attached hydrogens (primary N) is 1. The van der Waals surface area contributed by atoms with Crippen molar-refractivity contribution in [3.8, 4) is 16.9 Å². The zero-order chi connectivity index (χ0) is 22.7. The van der Waals surface area contributed by atoms with Crippen molar-refractivity contribution >= 4 is 27.9 Å². The van der Waals surface area contributed by atoms with Crippen molar-refractivity contribution in [1.29, 1.82) is 0 Å². The minimum absolute atomic E-state index is 0.0263. The van der Waals surface area contributed by atoms with Gasteiger partial charge in [0, 0.05) is 17.3 Å². The summed E-state index contributed by atoms with van der Waals surface area (Å²) >= 11 is 0. The number of aliphatic hydroxyl groups is 1. The van der Waals surface area contributed by atoms with Crippen molar-refractivity contribution in [1.82, 2.24) is 24.5 Å². The SMILES string of the molecule is Nc1nc(-c2cccc(-n3ccc4cc(C5CC5)cc(F)c4c3=O)c2CO)c2[nH]cnc2n1. The first kappa shape index (κ1) is 19.6. The lowest BCUT2D eigenvalue weighted by molar-refractivity contribution is 0.282. The molecule has 1 fully saturated rings. The molecule has 0 unspecified atom stereocenters. The number of imidazole rings is 1. The van der Waals surface area contributed by atoms with Gasteiger partial charge in [-0.2, -0.15) is 4.98 Å². The Hall–Kier alpha value is -4.11. The summed E-state index contributed by atoms with van der Waals surface area (Å²) in [6.45, 7) is -0.376. The maximum Gasteiger partial charge on any atom is 0.265 e. The van der Waals surface area contributed by atoms with Crippen molar-refractivity contribution in [2.24, 2.45) is 0 Å². The van der Waals surface area contributed by atoms with Gasteiger partial charge in [0.15, 0.2) is 5.65 Å². The van der Waals surface area contributed by atoms with Crippen LogP contribution in [0.4, 0.5) is 10.3 Å². The van der Waals surface area contributed by atoms with Gasteiger partial charge in [0.2, 0.25) is 5.95 Å². The van der Waals surface area contributed by atoms with Crippen molar-refractivity contribution in [2.75, 3.05) is 5.73 Å². The summed E-state index contributed by atoms with van der Waals surface area (Å²) < 4.78 is 16.4. The van der Waals surface area contributed by atoms with Crippen LogP contribution in [-0.2, 0) is 6.61 Å². The van der Waals surface area contributed by atoms with Gasteiger partial charge in [-0.05, 0) is 47.9 Å². The highest BCUT2D eigenvalue weighted by Gasteiger charge is 2.25. The molecular formula is C24H19FN6O2. The number of aliphatic hydroxyl groups excluding tert-OH is 1. The first-order chi connectivity index (χ1) is 16.0. The normalized spacial score (nSPS) is 13.8. The number of hydrogen-bond acceptors (Lipinski definition) is 6. The molecule has 9 heteroatoms. The fourth-order valence-corrected chi connectivity index (χ4v) is 4.43. The van der Waals surface area contributed by atoms with Gasteiger partial charge in [-0.25, -0.2) is 14.4 Å². The van der Waals surface area contributed by atoms with Gasteiger partial charge in [-0.3, -0.25) is 9.36 Å². The third-order valence-corrected chi connectivity index (χ3v) is 6.15. The lowest BCUT2D eigenvalue weighted by Gasteiger charge is -2.16. The third kappa shape index (κ3) is 3.08. The lowest BCUT2D eigenvalue weighted by atomic mass is 10.0. The summed E-state index contributed by atoms with van der Waals surface area (Å²) in [7, 11) is 0. The monoisotopic (exact) mass is 442 g/mol. The Kier molecular flexibility index (Phi) is 4.27. The van der Waals surface area contributed by atoms with Gasteiger partial charge in [0.05, 0.1) is 24.0 Å². The molecule has 0 radical (unpaired) electrons. The van der Waals surface area contributed by atoms with Crippen LogP contribution in [0, 0.1) is 5.82 Å². The van der Waals surface area contributed by atoms with E-state index in [0.717, 1.165) is 18.4 Å². The first-order valence-corrected chi connectivity index (χ1v) is 10.6. The van der Waals surface area contributed by atoms with Crippen LogP contribution in [0.3, 0.4) is 0 Å². The van der Waals surface area contributed by atoms with Crippen LogP contribution >= 0.6 is 0 Å². The molecule has 0 bridgehead atoms. The Labute approximate surface area is 186 Å². The average molecular weight is 442 g/mol. The number of H-pyrrole nitrogens is 1. The van der Waals surface area contributed by atoms with E-state index < -0.39 is 11.4 Å². The number of nitrogens with zero attached hydrogens (tertiary/aromatic N) is 4. The smallest absolute Gasteiger partial charge is 0.265 e. The predicted octanol–water partition coefficient (Wildman–Crippen LogP) is 3.42.